The number of benzene rings is 2. The van der Waals surface area contributed by atoms with Crippen LogP contribution in [0.4, 0.5) is 11.4 Å². The van der Waals surface area contributed by atoms with Crippen LogP contribution in [0.15, 0.2) is 46.9 Å². The van der Waals surface area contributed by atoms with E-state index in [9.17, 15) is 0 Å². The van der Waals surface area contributed by atoms with Gasteiger partial charge in [-0.1, -0.05) is 40.2 Å². The van der Waals surface area contributed by atoms with Gasteiger partial charge in [-0.05, 0) is 49.1 Å². The van der Waals surface area contributed by atoms with Crippen LogP contribution in [0.2, 0.25) is 0 Å². The first-order valence-electron chi connectivity index (χ1n) is 7.57. The number of nitrogens with zero attached hydrogens (tertiary/aromatic N) is 1. The zero-order valence-corrected chi connectivity index (χ0v) is 14.0. The number of halogens is 1. The SMILES string of the molecule is Cc1cc(CNc2ccccc2N2CCCC2)ccc1Br. The number of hydrogen-bond donors (Lipinski definition) is 1. The summed E-state index contributed by atoms with van der Waals surface area (Å²) in [5.74, 6) is 0. The third-order valence-corrected chi connectivity index (χ3v) is 4.95. The average Bonchev–Trinajstić information content (AvgIpc) is 3.03. The van der Waals surface area contributed by atoms with Crippen LogP contribution in [0.5, 0.6) is 0 Å². The molecule has 0 aromatic heterocycles. The zero-order chi connectivity index (χ0) is 14.7. The van der Waals surface area contributed by atoms with Crippen molar-refractivity contribution in [1.82, 2.24) is 0 Å². The van der Waals surface area contributed by atoms with Crippen LogP contribution in [-0.4, -0.2) is 13.1 Å². The number of aryl methyl sites for hydroxylation is 1. The second kappa shape index (κ2) is 6.52. The number of para-hydroxylation sites is 2. The molecule has 0 amide bonds. The van der Waals surface area contributed by atoms with Gasteiger partial charge in [-0.25, -0.2) is 0 Å². The van der Waals surface area contributed by atoms with Gasteiger partial charge in [-0.2, -0.15) is 0 Å². The van der Waals surface area contributed by atoms with Gasteiger partial charge in [0.1, 0.15) is 0 Å². The van der Waals surface area contributed by atoms with Crippen molar-refractivity contribution >= 4 is 27.3 Å². The molecule has 110 valence electrons. The second-order valence-corrected chi connectivity index (χ2v) is 6.50. The summed E-state index contributed by atoms with van der Waals surface area (Å²) in [5.41, 5.74) is 5.16. The summed E-state index contributed by atoms with van der Waals surface area (Å²) in [7, 11) is 0. The van der Waals surface area contributed by atoms with Crippen molar-refractivity contribution in [3.63, 3.8) is 0 Å². The van der Waals surface area contributed by atoms with Crippen molar-refractivity contribution in [2.75, 3.05) is 23.3 Å². The van der Waals surface area contributed by atoms with Crippen LogP contribution in [0.25, 0.3) is 0 Å². The molecule has 0 unspecified atom stereocenters. The fourth-order valence-electron chi connectivity index (χ4n) is 2.87. The minimum Gasteiger partial charge on any atom is -0.379 e. The number of anilines is 2. The number of hydrogen-bond acceptors (Lipinski definition) is 2. The van der Waals surface area contributed by atoms with Crippen LogP contribution in [0, 0.1) is 6.92 Å². The normalized spacial score (nSPS) is 14.5. The monoisotopic (exact) mass is 344 g/mol. The van der Waals surface area contributed by atoms with E-state index < -0.39 is 0 Å². The largest absolute Gasteiger partial charge is 0.379 e. The molecule has 2 nitrogen and oxygen atoms in total. The van der Waals surface area contributed by atoms with Crippen LogP contribution in [0.3, 0.4) is 0 Å². The fourth-order valence-corrected chi connectivity index (χ4v) is 3.12. The Hall–Kier alpha value is -1.48. The number of nitrogens with one attached hydrogen (secondary N) is 1. The third-order valence-electron chi connectivity index (χ3n) is 4.06. The molecule has 0 saturated carbocycles. The molecule has 0 aliphatic carbocycles. The molecule has 1 N–H and O–H groups in total. The van der Waals surface area contributed by atoms with E-state index in [-0.39, 0.29) is 0 Å². The van der Waals surface area contributed by atoms with Gasteiger partial charge in [0.25, 0.3) is 0 Å². The lowest BCUT2D eigenvalue weighted by Crippen LogP contribution is -2.19. The van der Waals surface area contributed by atoms with Crippen molar-refractivity contribution in [3.8, 4) is 0 Å². The van der Waals surface area contributed by atoms with Gasteiger partial charge in [0, 0.05) is 24.1 Å². The van der Waals surface area contributed by atoms with Gasteiger partial charge in [0.15, 0.2) is 0 Å². The molecule has 1 heterocycles. The molecule has 0 bridgehead atoms. The van der Waals surface area contributed by atoms with Gasteiger partial charge < -0.3 is 10.2 Å². The highest BCUT2D eigenvalue weighted by molar-refractivity contribution is 9.10. The maximum atomic E-state index is 3.60. The standard InChI is InChI=1S/C18H21BrN2/c1-14-12-15(8-9-16(14)19)13-20-17-6-2-3-7-18(17)21-10-4-5-11-21/h2-3,6-9,12,20H,4-5,10-11,13H2,1H3. The van der Waals surface area contributed by atoms with Crippen molar-refractivity contribution in [1.29, 1.82) is 0 Å². The Balaban J connectivity index is 1.74. The molecule has 1 aliphatic rings. The van der Waals surface area contributed by atoms with E-state index in [1.54, 1.807) is 0 Å². The van der Waals surface area contributed by atoms with E-state index in [2.05, 4.69) is 75.5 Å². The van der Waals surface area contributed by atoms with Gasteiger partial charge in [-0.15, -0.1) is 0 Å². The predicted molar refractivity (Wildman–Crippen MR) is 94.1 cm³/mol. The van der Waals surface area contributed by atoms with E-state index in [0.29, 0.717) is 0 Å². The minimum absolute atomic E-state index is 0.860. The van der Waals surface area contributed by atoms with Crippen molar-refractivity contribution in [2.45, 2.75) is 26.3 Å². The van der Waals surface area contributed by atoms with E-state index in [0.717, 1.165) is 6.54 Å². The molecule has 2 aromatic rings. The first kappa shape index (κ1) is 14.5. The Morgan fingerprint density at radius 1 is 1.10 bits per heavy atom. The van der Waals surface area contributed by atoms with E-state index >= 15 is 0 Å². The van der Waals surface area contributed by atoms with Crippen molar-refractivity contribution in [2.24, 2.45) is 0 Å². The molecule has 0 radical (unpaired) electrons. The molecule has 1 saturated heterocycles. The maximum Gasteiger partial charge on any atom is 0.0602 e. The summed E-state index contributed by atoms with van der Waals surface area (Å²) < 4.78 is 1.17. The van der Waals surface area contributed by atoms with E-state index in [1.165, 1.54) is 52.9 Å². The Kier molecular flexibility index (Phi) is 4.49. The van der Waals surface area contributed by atoms with E-state index in [4.69, 9.17) is 0 Å². The molecular weight excluding hydrogens is 324 g/mol. The average molecular weight is 345 g/mol. The quantitative estimate of drug-likeness (QED) is 0.842. The Bertz CT molecular complexity index is 618. The lowest BCUT2D eigenvalue weighted by Gasteiger charge is -2.22. The van der Waals surface area contributed by atoms with E-state index in [1.807, 2.05) is 0 Å². The van der Waals surface area contributed by atoms with Gasteiger partial charge >= 0.3 is 0 Å². The summed E-state index contributed by atoms with van der Waals surface area (Å²) in [6, 6.07) is 15.2. The fraction of sp³-hybridized carbons (Fsp3) is 0.333. The highest BCUT2D eigenvalue weighted by atomic mass is 79.9. The topological polar surface area (TPSA) is 15.3 Å². The maximum absolute atomic E-state index is 3.60. The Morgan fingerprint density at radius 2 is 1.86 bits per heavy atom. The molecule has 3 heteroatoms. The molecule has 2 aromatic carbocycles. The lowest BCUT2D eigenvalue weighted by atomic mass is 10.1. The molecule has 3 rings (SSSR count). The van der Waals surface area contributed by atoms with Gasteiger partial charge in [0.2, 0.25) is 0 Å². The zero-order valence-electron chi connectivity index (χ0n) is 12.4. The third kappa shape index (κ3) is 3.41. The predicted octanol–water partition coefficient (Wildman–Crippen LogP) is 4.97. The number of rotatable bonds is 4. The lowest BCUT2D eigenvalue weighted by molar-refractivity contribution is 0.949. The first-order chi connectivity index (χ1) is 10.2. The van der Waals surface area contributed by atoms with Gasteiger partial charge in [-0.3, -0.25) is 0 Å². The first-order valence-corrected chi connectivity index (χ1v) is 8.36. The minimum atomic E-state index is 0.860. The molecule has 1 aliphatic heterocycles. The molecule has 0 spiro atoms. The van der Waals surface area contributed by atoms with Crippen molar-refractivity contribution < 1.29 is 0 Å². The highest BCUT2D eigenvalue weighted by Crippen LogP contribution is 2.29. The molecule has 0 atom stereocenters. The van der Waals surface area contributed by atoms with Crippen LogP contribution < -0.4 is 10.2 Å². The Labute approximate surface area is 135 Å². The van der Waals surface area contributed by atoms with Gasteiger partial charge in [0.05, 0.1) is 11.4 Å². The molecule has 21 heavy (non-hydrogen) atoms. The van der Waals surface area contributed by atoms with Crippen LogP contribution in [0.1, 0.15) is 24.0 Å². The Morgan fingerprint density at radius 3 is 2.62 bits per heavy atom. The smallest absolute Gasteiger partial charge is 0.0602 e. The summed E-state index contributed by atoms with van der Waals surface area (Å²) in [6.45, 7) is 5.34. The van der Waals surface area contributed by atoms with Crippen molar-refractivity contribution in [3.05, 3.63) is 58.1 Å². The highest BCUT2D eigenvalue weighted by Gasteiger charge is 2.15. The summed E-state index contributed by atoms with van der Waals surface area (Å²) in [6.07, 6.45) is 2.61. The van der Waals surface area contributed by atoms with Crippen LogP contribution >= 0.6 is 15.9 Å². The molecular formula is C18H21BrN2. The summed E-state index contributed by atoms with van der Waals surface area (Å²) in [4.78, 5) is 2.48. The summed E-state index contributed by atoms with van der Waals surface area (Å²) in [5, 5.41) is 3.60. The molecule has 1 fully saturated rings. The van der Waals surface area contributed by atoms with Crippen LogP contribution in [-0.2, 0) is 6.54 Å². The summed E-state index contributed by atoms with van der Waals surface area (Å²) >= 11 is 3.55. The second-order valence-electron chi connectivity index (χ2n) is 5.65.